The Bertz CT molecular complexity index is 1620. The van der Waals surface area contributed by atoms with Gasteiger partial charge in [0.15, 0.2) is 16.6 Å². The summed E-state index contributed by atoms with van der Waals surface area (Å²) in [6.45, 7) is 2.31. The number of methoxy groups -OCH3 is 1. The first-order valence-electron chi connectivity index (χ1n) is 12.8. The number of thiazole rings is 1. The number of hydrogen-bond donors (Lipinski definition) is 1. The van der Waals surface area contributed by atoms with Gasteiger partial charge in [-0.1, -0.05) is 36.4 Å². The summed E-state index contributed by atoms with van der Waals surface area (Å²) in [5.41, 5.74) is 2.92. The topological polar surface area (TPSA) is 98.2 Å². The van der Waals surface area contributed by atoms with Crippen LogP contribution in [0.15, 0.2) is 83.9 Å². The van der Waals surface area contributed by atoms with Gasteiger partial charge in [0.05, 0.1) is 18.7 Å². The molecular formula is C31H26N2O6S. The summed E-state index contributed by atoms with van der Waals surface area (Å²) >= 11 is 1.23. The molecule has 202 valence electrons. The van der Waals surface area contributed by atoms with Crippen molar-refractivity contribution in [3.63, 3.8) is 0 Å². The predicted molar refractivity (Wildman–Crippen MR) is 151 cm³/mol. The summed E-state index contributed by atoms with van der Waals surface area (Å²) in [4.78, 5) is 32.5. The molecule has 0 aliphatic carbocycles. The van der Waals surface area contributed by atoms with E-state index in [4.69, 9.17) is 14.2 Å². The normalized spacial score (nSPS) is 19.4. The summed E-state index contributed by atoms with van der Waals surface area (Å²) < 4.78 is 17.4. The monoisotopic (exact) mass is 554 g/mol. The second-order valence-corrected chi connectivity index (χ2v) is 10.5. The summed E-state index contributed by atoms with van der Waals surface area (Å²) in [5.74, 6) is -0.113. The van der Waals surface area contributed by atoms with Gasteiger partial charge in [-0.05, 0) is 53.9 Å². The number of nitrogens with zero attached hydrogens (tertiary/aromatic N) is 2. The lowest BCUT2D eigenvalue weighted by Crippen LogP contribution is -2.29. The van der Waals surface area contributed by atoms with Crippen LogP contribution in [0.5, 0.6) is 17.2 Å². The molecule has 1 fully saturated rings. The van der Waals surface area contributed by atoms with E-state index in [1.807, 2.05) is 43.3 Å². The maximum atomic E-state index is 13.5. The third-order valence-corrected chi connectivity index (χ3v) is 7.75. The number of anilines is 1. The van der Waals surface area contributed by atoms with Gasteiger partial charge < -0.3 is 19.3 Å². The van der Waals surface area contributed by atoms with E-state index >= 15 is 0 Å². The molecule has 1 amide bonds. The van der Waals surface area contributed by atoms with Crippen molar-refractivity contribution < 1.29 is 28.9 Å². The van der Waals surface area contributed by atoms with Crippen LogP contribution in [0.2, 0.25) is 0 Å². The van der Waals surface area contributed by atoms with Gasteiger partial charge in [0.25, 0.3) is 5.78 Å². The third-order valence-electron chi connectivity index (χ3n) is 6.98. The average Bonchev–Trinajstić information content (AvgIpc) is 3.69. The minimum Gasteiger partial charge on any atom is -0.507 e. The Morgan fingerprint density at radius 2 is 1.93 bits per heavy atom. The maximum absolute atomic E-state index is 13.5. The van der Waals surface area contributed by atoms with Gasteiger partial charge >= 0.3 is 5.91 Å². The quantitative estimate of drug-likeness (QED) is 0.178. The van der Waals surface area contributed by atoms with Crippen LogP contribution in [0.3, 0.4) is 0 Å². The molecule has 0 bridgehead atoms. The lowest BCUT2D eigenvalue weighted by Gasteiger charge is -2.24. The van der Waals surface area contributed by atoms with Crippen LogP contribution in [0.4, 0.5) is 5.13 Å². The molecule has 1 saturated heterocycles. The predicted octanol–water partition coefficient (Wildman–Crippen LogP) is 5.68. The number of hydrogen-bond acceptors (Lipinski definition) is 8. The molecule has 6 rings (SSSR count). The van der Waals surface area contributed by atoms with Crippen LogP contribution >= 0.6 is 11.3 Å². The standard InChI is InChI=1S/C31H26N2O6S/c1-18-14-22-15-21(9-10-23(22)39-18)28(34)26-27(33(30(36)29(26)35)31-32-12-13-40-31)20-8-11-24(25(16-20)37-2)38-17-19-6-4-3-5-7-19/h3-13,15-16,18,27,34H,14,17H2,1-2H3/b28-26-. The van der Waals surface area contributed by atoms with Gasteiger partial charge in [0.2, 0.25) is 0 Å². The first kappa shape index (κ1) is 25.6. The maximum Gasteiger partial charge on any atom is 0.301 e. The average molecular weight is 555 g/mol. The molecule has 2 atom stereocenters. The van der Waals surface area contributed by atoms with Gasteiger partial charge in [0.1, 0.15) is 24.2 Å². The van der Waals surface area contributed by atoms with Crippen LogP contribution in [0.1, 0.15) is 35.2 Å². The highest BCUT2D eigenvalue weighted by atomic mass is 32.1. The van der Waals surface area contributed by atoms with E-state index < -0.39 is 17.7 Å². The van der Waals surface area contributed by atoms with Crippen LogP contribution < -0.4 is 19.1 Å². The molecule has 1 N–H and O–H groups in total. The molecule has 8 nitrogen and oxygen atoms in total. The molecule has 3 heterocycles. The van der Waals surface area contributed by atoms with E-state index in [-0.39, 0.29) is 17.4 Å². The Hall–Kier alpha value is -4.63. The van der Waals surface area contributed by atoms with Gasteiger partial charge in [-0.2, -0.15) is 0 Å². The number of ether oxygens (including phenoxy) is 3. The zero-order chi connectivity index (χ0) is 27.8. The molecule has 2 aliphatic rings. The number of ketones is 1. The van der Waals surface area contributed by atoms with Crippen molar-refractivity contribution >= 4 is 33.9 Å². The van der Waals surface area contributed by atoms with E-state index in [0.29, 0.717) is 40.8 Å². The molecule has 0 spiro atoms. The number of aliphatic hydroxyl groups excluding tert-OH is 1. The number of benzene rings is 3. The molecule has 9 heteroatoms. The van der Waals surface area contributed by atoms with E-state index in [1.54, 1.807) is 41.9 Å². The molecule has 4 aromatic rings. The van der Waals surface area contributed by atoms with Crippen molar-refractivity contribution in [3.8, 4) is 17.2 Å². The fourth-order valence-corrected chi connectivity index (χ4v) is 5.78. The molecule has 0 saturated carbocycles. The number of Topliss-reactive ketones (excluding diaryl/α,β-unsaturated/α-hetero) is 1. The van der Waals surface area contributed by atoms with Crippen molar-refractivity contribution in [3.05, 3.63) is 106 Å². The van der Waals surface area contributed by atoms with Crippen LogP contribution in [-0.4, -0.2) is 35.0 Å². The lowest BCUT2D eigenvalue weighted by molar-refractivity contribution is -0.132. The largest absolute Gasteiger partial charge is 0.507 e. The molecule has 2 aliphatic heterocycles. The van der Waals surface area contributed by atoms with Gasteiger partial charge in [-0.25, -0.2) is 4.98 Å². The van der Waals surface area contributed by atoms with E-state index in [9.17, 15) is 14.7 Å². The highest BCUT2D eigenvalue weighted by Gasteiger charge is 2.48. The number of fused-ring (bicyclic) bond motifs is 1. The van der Waals surface area contributed by atoms with E-state index in [1.165, 1.54) is 23.3 Å². The molecule has 3 aromatic carbocycles. The molecule has 2 unspecified atom stereocenters. The Morgan fingerprint density at radius 1 is 1.10 bits per heavy atom. The van der Waals surface area contributed by atoms with Gasteiger partial charge in [-0.3, -0.25) is 14.5 Å². The van der Waals surface area contributed by atoms with E-state index in [0.717, 1.165) is 16.9 Å². The van der Waals surface area contributed by atoms with Gasteiger partial charge in [0, 0.05) is 23.6 Å². The van der Waals surface area contributed by atoms with Crippen LogP contribution in [0, 0.1) is 0 Å². The first-order valence-corrected chi connectivity index (χ1v) is 13.7. The Morgan fingerprint density at radius 3 is 2.67 bits per heavy atom. The molecule has 0 radical (unpaired) electrons. The highest BCUT2D eigenvalue weighted by molar-refractivity contribution is 7.14. The second-order valence-electron chi connectivity index (χ2n) is 9.62. The fourth-order valence-electron chi connectivity index (χ4n) is 5.11. The number of aromatic nitrogens is 1. The summed E-state index contributed by atoms with van der Waals surface area (Å²) in [6, 6.07) is 19.3. The lowest BCUT2D eigenvalue weighted by atomic mass is 9.94. The fraction of sp³-hybridized carbons (Fsp3) is 0.194. The third kappa shape index (κ3) is 4.58. The molecule has 1 aromatic heterocycles. The van der Waals surface area contributed by atoms with Crippen molar-refractivity contribution in [2.75, 3.05) is 12.0 Å². The van der Waals surface area contributed by atoms with Crippen LogP contribution in [0.25, 0.3) is 5.76 Å². The SMILES string of the molecule is COc1cc(C2/C(=C(/O)c3ccc4c(c3)CC(C)O4)C(=O)C(=O)N2c2nccs2)ccc1OCc1ccccc1. The summed E-state index contributed by atoms with van der Waals surface area (Å²) in [6.07, 6.45) is 2.28. The van der Waals surface area contributed by atoms with Crippen molar-refractivity contribution in [2.45, 2.75) is 32.1 Å². The molecular weight excluding hydrogens is 528 g/mol. The Labute approximate surface area is 235 Å². The zero-order valence-corrected chi connectivity index (χ0v) is 22.7. The number of rotatable bonds is 7. The number of carbonyl (C=O) groups is 2. The first-order chi connectivity index (χ1) is 19.4. The minimum atomic E-state index is -0.924. The summed E-state index contributed by atoms with van der Waals surface area (Å²) in [7, 11) is 1.53. The number of carbonyl (C=O) groups excluding carboxylic acids is 2. The van der Waals surface area contributed by atoms with Crippen molar-refractivity contribution in [2.24, 2.45) is 0 Å². The molecule has 40 heavy (non-hydrogen) atoms. The zero-order valence-electron chi connectivity index (χ0n) is 21.9. The number of aliphatic hydroxyl groups is 1. The Kier molecular flexibility index (Phi) is 6.73. The van der Waals surface area contributed by atoms with E-state index in [2.05, 4.69) is 4.98 Å². The van der Waals surface area contributed by atoms with Gasteiger partial charge in [-0.15, -0.1) is 11.3 Å². The van der Waals surface area contributed by atoms with Crippen LogP contribution in [-0.2, 0) is 22.6 Å². The number of amides is 1. The second kappa shape index (κ2) is 10.5. The minimum absolute atomic E-state index is 0.0212. The highest BCUT2D eigenvalue weighted by Crippen LogP contribution is 2.45. The summed E-state index contributed by atoms with van der Waals surface area (Å²) in [5, 5.41) is 13.6. The van der Waals surface area contributed by atoms with Crippen molar-refractivity contribution in [1.82, 2.24) is 4.98 Å². The Balaban J connectivity index is 1.43. The smallest absolute Gasteiger partial charge is 0.301 e. The van der Waals surface area contributed by atoms with Crippen molar-refractivity contribution in [1.29, 1.82) is 0 Å².